The van der Waals surface area contributed by atoms with Gasteiger partial charge in [0.25, 0.3) is 0 Å². The second kappa shape index (κ2) is 6.64. The van der Waals surface area contributed by atoms with E-state index in [0.717, 1.165) is 0 Å². The van der Waals surface area contributed by atoms with Gasteiger partial charge in [0.1, 0.15) is 0 Å². The quantitative estimate of drug-likeness (QED) is 0.657. The summed E-state index contributed by atoms with van der Waals surface area (Å²) < 4.78 is 16.2. The first-order valence-electron chi connectivity index (χ1n) is 4.36. The molecule has 2 atom stereocenters. The van der Waals surface area contributed by atoms with Crippen LogP contribution >= 0.6 is 8.03 Å². The van der Waals surface area contributed by atoms with Crippen LogP contribution in [0.5, 0.6) is 0 Å². The molecule has 0 aromatic heterocycles. The maximum absolute atomic E-state index is 11.1. The molecule has 74 valence electrons. The molecule has 1 N–H and O–H groups in total. The van der Waals surface area contributed by atoms with Crippen LogP contribution in [-0.4, -0.2) is 24.0 Å². The summed E-state index contributed by atoms with van der Waals surface area (Å²) in [5.41, 5.74) is 0. The number of aliphatic hydroxyl groups excluding tert-OH is 1. The highest BCUT2D eigenvalue weighted by Crippen LogP contribution is 2.24. The second-order valence-electron chi connectivity index (χ2n) is 3.46. The fraction of sp³-hybridized carbons (Fsp3) is 1.00. The van der Waals surface area contributed by atoms with Crippen LogP contribution in [0.4, 0.5) is 0 Å². The average Bonchev–Trinajstić information content (AvgIpc) is 1.96. The van der Waals surface area contributed by atoms with E-state index in [4.69, 9.17) is 9.63 Å². The van der Waals surface area contributed by atoms with E-state index in [0.29, 0.717) is 25.1 Å². The van der Waals surface area contributed by atoms with Gasteiger partial charge in [0.15, 0.2) is 8.03 Å². The minimum Gasteiger partial charge on any atom is -0.393 e. The lowest BCUT2D eigenvalue weighted by molar-refractivity contribution is 0.189. The predicted molar refractivity (Wildman–Crippen MR) is 51.0 cm³/mol. The van der Waals surface area contributed by atoms with Gasteiger partial charge in [-0.05, 0) is 19.3 Å². The third-order valence-electron chi connectivity index (χ3n) is 1.34. The molecule has 0 aliphatic carbocycles. The molecule has 0 aliphatic rings. The summed E-state index contributed by atoms with van der Waals surface area (Å²) in [7, 11) is -1.89. The zero-order chi connectivity index (χ0) is 9.56. The lowest BCUT2D eigenvalue weighted by Crippen LogP contribution is -2.02. The molecule has 2 unspecified atom stereocenters. The Morgan fingerprint density at radius 1 is 1.42 bits per heavy atom. The van der Waals surface area contributed by atoms with Crippen molar-refractivity contribution in [2.24, 2.45) is 5.92 Å². The highest BCUT2D eigenvalue weighted by atomic mass is 31.1. The van der Waals surface area contributed by atoms with E-state index in [1.807, 2.05) is 13.8 Å². The SMILES string of the molecule is CC(C)CO[PH](=O)CCC(C)O. The molecule has 0 aliphatic heterocycles. The predicted octanol–water partition coefficient (Wildman–Crippen LogP) is 1.90. The van der Waals surface area contributed by atoms with Gasteiger partial charge in [-0.25, -0.2) is 0 Å². The first kappa shape index (κ1) is 12.2. The maximum atomic E-state index is 11.1. The Balaban J connectivity index is 3.34. The lowest BCUT2D eigenvalue weighted by atomic mass is 10.2. The lowest BCUT2D eigenvalue weighted by Gasteiger charge is -2.07. The van der Waals surface area contributed by atoms with Crippen molar-refractivity contribution in [3.8, 4) is 0 Å². The molecule has 0 radical (unpaired) electrons. The van der Waals surface area contributed by atoms with Gasteiger partial charge in [-0.3, -0.25) is 4.57 Å². The Labute approximate surface area is 75.0 Å². The zero-order valence-electron chi connectivity index (χ0n) is 8.04. The van der Waals surface area contributed by atoms with Crippen LogP contribution in [0, 0.1) is 5.92 Å². The average molecular weight is 194 g/mol. The van der Waals surface area contributed by atoms with Gasteiger partial charge in [-0.1, -0.05) is 13.8 Å². The first-order valence-corrected chi connectivity index (χ1v) is 5.88. The highest BCUT2D eigenvalue weighted by Gasteiger charge is 2.03. The van der Waals surface area contributed by atoms with E-state index >= 15 is 0 Å². The normalized spacial score (nSPS) is 16.4. The molecule has 0 heterocycles. The highest BCUT2D eigenvalue weighted by molar-refractivity contribution is 7.39. The molecule has 0 fully saturated rings. The minimum atomic E-state index is -1.89. The summed E-state index contributed by atoms with van der Waals surface area (Å²) in [5.74, 6) is 0.422. The molecule has 12 heavy (non-hydrogen) atoms. The Kier molecular flexibility index (Phi) is 6.73. The smallest absolute Gasteiger partial charge is 0.191 e. The first-order chi connectivity index (χ1) is 5.52. The summed E-state index contributed by atoms with van der Waals surface area (Å²) in [5, 5.41) is 8.90. The fourth-order valence-electron chi connectivity index (χ4n) is 0.659. The molecular formula is C8H19O3P. The van der Waals surface area contributed by atoms with Crippen molar-refractivity contribution in [1.29, 1.82) is 0 Å². The van der Waals surface area contributed by atoms with E-state index in [1.165, 1.54) is 0 Å². The summed E-state index contributed by atoms with van der Waals surface area (Å²) in [6, 6.07) is 0. The van der Waals surface area contributed by atoms with Crippen molar-refractivity contribution in [3.05, 3.63) is 0 Å². The van der Waals surface area contributed by atoms with Crippen LogP contribution in [0.1, 0.15) is 27.2 Å². The van der Waals surface area contributed by atoms with E-state index in [2.05, 4.69) is 0 Å². The van der Waals surface area contributed by atoms with Crippen LogP contribution in [0.2, 0.25) is 0 Å². The number of hydrogen-bond acceptors (Lipinski definition) is 3. The Hall–Kier alpha value is 0.150. The standard InChI is InChI=1S/C8H19O3P/c1-7(2)6-11-12(10)5-4-8(3)9/h7-9,12H,4-6H2,1-3H3. The van der Waals surface area contributed by atoms with Crippen LogP contribution in [0.3, 0.4) is 0 Å². The van der Waals surface area contributed by atoms with Gasteiger partial charge in [-0.15, -0.1) is 0 Å². The monoisotopic (exact) mass is 194 g/mol. The van der Waals surface area contributed by atoms with Gasteiger partial charge in [0, 0.05) is 6.16 Å². The third kappa shape index (κ3) is 8.25. The van der Waals surface area contributed by atoms with Crippen molar-refractivity contribution in [2.45, 2.75) is 33.3 Å². The van der Waals surface area contributed by atoms with Gasteiger partial charge in [0.05, 0.1) is 12.7 Å². The van der Waals surface area contributed by atoms with Crippen LogP contribution < -0.4 is 0 Å². The van der Waals surface area contributed by atoms with Crippen molar-refractivity contribution in [1.82, 2.24) is 0 Å². The third-order valence-corrected chi connectivity index (χ3v) is 2.53. The number of aliphatic hydroxyl groups is 1. The molecule has 0 aromatic carbocycles. The number of rotatable bonds is 6. The largest absolute Gasteiger partial charge is 0.393 e. The zero-order valence-corrected chi connectivity index (χ0v) is 9.04. The summed E-state index contributed by atoms with van der Waals surface area (Å²) in [6.45, 7) is 6.28. The van der Waals surface area contributed by atoms with Gasteiger partial charge >= 0.3 is 0 Å². The van der Waals surface area contributed by atoms with E-state index < -0.39 is 8.03 Å². The van der Waals surface area contributed by atoms with Crippen LogP contribution in [-0.2, 0) is 9.09 Å². The Morgan fingerprint density at radius 3 is 2.42 bits per heavy atom. The minimum absolute atomic E-state index is 0.374. The summed E-state index contributed by atoms with van der Waals surface area (Å²) in [4.78, 5) is 0. The Morgan fingerprint density at radius 2 is 2.00 bits per heavy atom. The Bertz CT molecular complexity index is 120. The summed E-state index contributed by atoms with van der Waals surface area (Å²) >= 11 is 0. The molecule has 0 saturated carbocycles. The van der Waals surface area contributed by atoms with E-state index in [9.17, 15) is 4.57 Å². The molecule has 4 heteroatoms. The molecular weight excluding hydrogens is 175 g/mol. The maximum Gasteiger partial charge on any atom is 0.191 e. The van der Waals surface area contributed by atoms with Gasteiger partial charge in [-0.2, -0.15) is 0 Å². The van der Waals surface area contributed by atoms with Crippen molar-refractivity contribution in [3.63, 3.8) is 0 Å². The van der Waals surface area contributed by atoms with E-state index in [1.54, 1.807) is 6.92 Å². The van der Waals surface area contributed by atoms with E-state index in [-0.39, 0.29) is 6.10 Å². The molecule has 0 rings (SSSR count). The molecule has 0 aromatic rings. The fourth-order valence-corrected chi connectivity index (χ4v) is 1.98. The van der Waals surface area contributed by atoms with Crippen molar-refractivity contribution >= 4 is 8.03 Å². The molecule has 3 nitrogen and oxygen atoms in total. The van der Waals surface area contributed by atoms with Gasteiger partial charge in [0.2, 0.25) is 0 Å². The van der Waals surface area contributed by atoms with Crippen molar-refractivity contribution < 1.29 is 14.2 Å². The number of hydrogen-bond donors (Lipinski definition) is 1. The molecule has 0 amide bonds. The summed E-state index contributed by atoms with van der Waals surface area (Å²) in [6.07, 6.45) is 0.687. The van der Waals surface area contributed by atoms with Crippen LogP contribution in [0.25, 0.3) is 0 Å². The molecule has 0 bridgehead atoms. The van der Waals surface area contributed by atoms with Crippen LogP contribution in [0.15, 0.2) is 0 Å². The van der Waals surface area contributed by atoms with Crippen molar-refractivity contribution in [2.75, 3.05) is 12.8 Å². The molecule has 0 spiro atoms. The molecule has 0 saturated heterocycles. The second-order valence-corrected chi connectivity index (χ2v) is 5.00. The van der Waals surface area contributed by atoms with Gasteiger partial charge < -0.3 is 9.63 Å². The topological polar surface area (TPSA) is 46.5 Å².